The Morgan fingerprint density at radius 3 is 3.25 bits per heavy atom. The molecule has 62 valence electrons. The molecule has 2 rings (SSSR count). The second kappa shape index (κ2) is 2.69. The zero-order chi connectivity index (χ0) is 8.55. The molecule has 5 heteroatoms. The molecule has 0 amide bonds. The second-order valence-electron chi connectivity index (χ2n) is 2.37. The van der Waals surface area contributed by atoms with Crippen LogP contribution < -0.4 is 5.73 Å². The maximum atomic E-state index is 5.49. The summed E-state index contributed by atoms with van der Waals surface area (Å²) in [5.41, 5.74) is 7.71. The minimum absolute atomic E-state index is 0.332. The van der Waals surface area contributed by atoms with Gasteiger partial charge in [-0.25, -0.2) is 4.98 Å². The summed E-state index contributed by atoms with van der Waals surface area (Å²) in [4.78, 5) is 7.19. The first-order valence-corrected chi connectivity index (χ1v) is 3.89. The molecule has 2 heterocycles. The Kier molecular flexibility index (Phi) is 1.67. The van der Waals surface area contributed by atoms with Crippen LogP contribution in [0.5, 0.6) is 0 Å². The van der Waals surface area contributed by atoms with E-state index in [1.165, 1.54) is 0 Å². The highest BCUT2D eigenvalue weighted by atomic mass is 32.1. The van der Waals surface area contributed by atoms with Crippen LogP contribution in [0, 0.1) is 4.84 Å². The van der Waals surface area contributed by atoms with Crippen molar-refractivity contribution in [2.45, 2.75) is 6.54 Å². The Labute approximate surface area is 73.4 Å². The van der Waals surface area contributed by atoms with E-state index in [-0.39, 0.29) is 0 Å². The van der Waals surface area contributed by atoms with Gasteiger partial charge in [0.15, 0.2) is 11.2 Å². The highest BCUT2D eigenvalue weighted by molar-refractivity contribution is 7.71. The number of nitrogens with two attached hydrogens (primary N) is 1. The first-order chi connectivity index (χ1) is 5.81. The number of hydrogen-bond acceptors (Lipinski definition) is 4. The van der Waals surface area contributed by atoms with Crippen molar-refractivity contribution >= 4 is 23.4 Å². The van der Waals surface area contributed by atoms with Crippen LogP contribution in [0.2, 0.25) is 0 Å². The minimum atomic E-state index is 0.332. The maximum Gasteiger partial charge on any atom is 0.268 e. The topological polar surface area (TPSA) is 67.8 Å². The summed E-state index contributed by atoms with van der Waals surface area (Å²) in [6, 6.07) is 1.81. The lowest BCUT2D eigenvalue weighted by Gasteiger charge is -1.93. The van der Waals surface area contributed by atoms with Crippen molar-refractivity contribution in [2.24, 2.45) is 5.73 Å². The largest absolute Gasteiger partial charge is 0.427 e. The number of H-pyrrole nitrogens is 1. The summed E-state index contributed by atoms with van der Waals surface area (Å²) in [6.07, 6.45) is 1.67. The van der Waals surface area contributed by atoms with Crippen molar-refractivity contribution in [3.8, 4) is 0 Å². The average molecular weight is 181 g/mol. The van der Waals surface area contributed by atoms with Gasteiger partial charge in [0.1, 0.15) is 0 Å². The molecular weight excluding hydrogens is 174 g/mol. The van der Waals surface area contributed by atoms with E-state index in [1.54, 1.807) is 6.20 Å². The molecule has 0 saturated carbocycles. The summed E-state index contributed by atoms with van der Waals surface area (Å²) >= 11 is 4.82. The molecule has 0 radical (unpaired) electrons. The molecular formula is C7H7N3OS. The summed E-state index contributed by atoms with van der Waals surface area (Å²) in [6.45, 7) is 0.426. The van der Waals surface area contributed by atoms with Crippen LogP contribution in [0.15, 0.2) is 16.7 Å². The molecule has 2 aromatic heterocycles. The van der Waals surface area contributed by atoms with Gasteiger partial charge >= 0.3 is 0 Å². The molecule has 0 aliphatic carbocycles. The molecule has 12 heavy (non-hydrogen) atoms. The quantitative estimate of drug-likeness (QED) is 0.651. The third-order valence-corrected chi connectivity index (χ3v) is 1.81. The fraction of sp³-hybridized carbons (Fsp3) is 0.143. The molecule has 0 aliphatic rings. The predicted octanol–water partition coefficient (Wildman–Crippen LogP) is 1.34. The van der Waals surface area contributed by atoms with E-state index in [2.05, 4.69) is 9.97 Å². The first kappa shape index (κ1) is 7.45. The number of nitrogens with one attached hydrogen (secondary N) is 1. The SMILES string of the molecule is NCc1ccnc2[nH]c(=S)oc12. The fourth-order valence-corrected chi connectivity index (χ4v) is 1.25. The monoisotopic (exact) mass is 181 g/mol. The van der Waals surface area contributed by atoms with Crippen molar-refractivity contribution in [2.75, 3.05) is 0 Å². The van der Waals surface area contributed by atoms with E-state index in [4.69, 9.17) is 22.4 Å². The average Bonchev–Trinajstić information content (AvgIpc) is 2.44. The molecule has 0 bridgehead atoms. The normalized spacial score (nSPS) is 10.8. The third kappa shape index (κ3) is 1.03. The van der Waals surface area contributed by atoms with Gasteiger partial charge in [0.2, 0.25) is 0 Å². The maximum absolute atomic E-state index is 5.49. The van der Waals surface area contributed by atoms with E-state index in [9.17, 15) is 0 Å². The number of fused-ring (bicyclic) bond motifs is 1. The van der Waals surface area contributed by atoms with Gasteiger partial charge in [0.05, 0.1) is 0 Å². The number of hydrogen-bond donors (Lipinski definition) is 2. The molecule has 3 N–H and O–H groups in total. The number of pyridine rings is 1. The molecule has 0 spiro atoms. The first-order valence-electron chi connectivity index (χ1n) is 3.48. The fourth-order valence-electron chi connectivity index (χ4n) is 1.07. The summed E-state index contributed by atoms with van der Waals surface area (Å²) < 4.78 is 5.21. The standard InChI is InChI=1S/C7H7N3OS/c8-3-4-1-2-9-6-5(4)11-7(12)10-6/h1-2H,3,8H2,(H,9,10,12). The smallest absolute Gasteiger partial charge is 0.268 e. The zero-order valence-corrected chi connectivity index (χ0v) is 7.02. The van der Waals surface area contributed by atoms with E-state index < -0.39 is 0 Å². The van der Waals surface area contributed by atoms with E-state index in [1.807, 2.05) is 6.07 Å². The summed E-state index contributed by atoms with van der Waals surface area (Å²) in [5.74, 6) is 0. The Hall–Kier alpha value is -1.20. The predicted molar refractivity (Wildman–Crippen MR) is 47.1 cm³/mol. The van der Waals surface area contributed by atoms with Crippen molar-refractivity contribution in [3.63, 3.8) is 0 Å². The lowest BCUT2D eigenvalue weighted by Crippen LogP contribution is -1.96. The van der Waals surface area contributed by atoms with Crippen molar-refractivity contribution in [3.05, 3.63) is 22.7 Å². The van der Waals surface area contributed by atoms with Crippen molar-refractivity contribution in [1.82, 2.24) is 9.97 Å². The van der Waals surface area contributed by atoms with Gasteiger partial charge in [-0.15, -0.1) is 0 Å². The number of nitrogens with zero attached hydrogens (tertiary/aromatic N) is 1. The number of aromatic nitrogens is 2. The van der Waals surface area contributed by atoms with Crippen molar-refractivity contribution < 1.29 is 4.42 Å². The molecule has 0 atom stereocenters. The number of oxazole rings is 1. The zero-order valence-electron chi connectivity index (χ0n) is 6.20. The number of rotatable bonds is 1. The Bertz CT molecular complexity index is 459. The van der Waals surface area contributed by atoms with Crippen LogP contribution in [-0.4, -0.2) is 9.97 Å². The molecule has 0 unspecified atom stereocenters. The lowest BCUT2D eigenvalue weighted by molar-refractivity contribution is 0.579. The summed E-state index contributed by atoms with van der Waals surface area (Å²) in [5, 5.41) is 0. The highest BCUT2D eigenvalue weighted by Gasteiger charge is 2.03. The van der Waals surface area contributed by atoms with Crippen LogP contribution in [0.1, 0.15) is 5.56 Å². The van der Waals surface area contributed by atoms with Gasteiger partial charge in [0, 0.05) is 18.3 Å². The van der Waals surface area contributed by atoms with Crippen LogP contribution in [0.4, 0.5) is 0 Å². The third-order valence-electron chi connectivity index (χ3n) is 1.62. The second-order valence-corrected chi connectivity index (χ2v) is 2.74. The lowest BCUT2D eigenvalue weighted by atomic mass is 10.2. The van der Waals surface area contributed by atoms with Gasteiger partial charge in [0.25, 0.3) is 4.84 Å². The minimum Gasteiger partial charge on any atom is -0.427 e. The van der Waals surface area contributed by atoms with E-state index in [0.29, 0.717) is 22.6 Å². The van der Waals surface area contributed by atoms with E-state index >= 15 is 0 Å². The molecule has 0 aliphatic heterocycles. The van der Waals surface area contributed by atoms with Crippen LogP contribution >= 0.6 is 12.2 Å². The molecule has 4 nitrogen and oxygen atoms in total. The van der Waals surface area contributed by atoms with Crippen molar-refractivity contribution in [1.29, 1.82) is 0 Å². The van der Waals surface area contributed by atoms with Gasteiger partial charge in [-0.1, -0.05) is 0 Å². The van der Waals surface area contributed by atoms with Gasteiger partial charge in [-0.2, -0.15) is 0 Å². The van der Waals surface area contributed by atoms with Gasteiger partial charge < -0.3 is 10.2 Å². The Morgan fingerprint density at radius 2 is 2.50 bits per heavy atom. The Balaban J connectivity index is 2.87. The molecule has 0 saturated heterocycles. The molecule has 0 fully saturated rings. The van der Waals surface area contributed by atoms with Crippen LogP contribution in [-0.2, 0) is 6.54 Å². The molecule has 2 aromatic rings. The van der Waals surface area contributed by atoms with Gasteiger partial charge in [-0.05, 0) is 18.3 Å². The van der Waals surface area contributed by atoms with E-state index in [0.717, 1.165) is 5.56 Å². The Morgan fingerprint density at radius 1 is 1.67 bits per heavy atom. The molecule has 0 aromatic carbocycles. The number of aromatic amines is 1. The van der Waals surface area contributed by atoms with Crippen LogP contribution in [0.25, 0.3) is 11.2 Å². The highest BCUT2D eigenvalue weighted by Crippen LogP contribution is 2.14. The van der Waals surface area contributed by atoms with Gasteiger partial charge in [-0.3, -0.25) is 4.98 Å². The summed E-state index contributed by atoms with van der Waals surface area (Å²) in [7, 11) is 0. The van der Waals surface area contributed by atoms with Crippen LogP contribution in [0.3, 0.4) is 0 Å².